The zero-order chi connectivity index (χ0) is 15.4. The van der Waals surface area contributed by atoms with Gasteiger partial charge in [-0.2, -0.15) is 5.10 Å². The summed E-state index contributed by atoms with van der Waals surface area (Å²) in [5.41, 5.74) is 3.43. The summed E-state index contributed by atoms with van der Waals surface area (Å²) in [5, 5.41) is 7.86. The van der Waals surface area contributed by atoms with Gasteiger partial charge in [0.15, 0.2) is 0 Å². The summed E-state index contributed by atoms with van der Waals surface area (Å²) >= 11 is 3.62. The molecule has 0 aliphatic carbocycles. The largest absolute Gasteiger partial charge is 0.308 e. The lowest BCUT2D eigenvalue weighted by Crippen LogP contribution is -2.25. The fourth-order valence-corrected chi connectivity index (χ4v) is 2.85. The molecule has 0 fully saturated rings. The molecule has 2 heterocycles. The van der Waals surface area contributed by atoms with Crippen LogP contribution in [0.4, 0.5) is 0 Å². The molecule has 0 saturated carbocycles. The molecular weight excluding hydrogens is 330 g/mol. The molecule has 0 radical (unpaired) electrons. The van der Waals surface area contributed by atoms with E-state index in [0.29, 0.717) is 0 Å². The van der Waals surface area contributed by atoms with E-state index in [0.717, 1.165) is 34.4 Å². The molecule has 2 rings (SSSR count). The highest BCUT2D eigenvalue weighted by molar-refractivity contribution is 9.10. The van der Waals surface area contributed by atoms with Crippen LogP contribution in [0.25, 0.3) is 0 Å². The second-order valence-electron chi connectivity index (χ2n) is 5.42. The molecule has 114 valence electrons. The summed E-state index contributed by atoms with van der Waals surface area (Å²) in [6.07, 6.45) is 5.64. The van der Waals surface area contributed by atoms with E-state index in [1.165, 1.54) is 0 Å². The number of rotatable bonds is 6. The average molecular weight is 352 g/mol. The van der Waals surface area contributed by atoms with Gasteiger partial charge in [0.05, 0.1) is 29.0 Å². The quantitative estimate of drug-likeness (QED) is 0.866. The fraction of sp³-hybridized carbons (Fsp3) is 0.467. The number of nitrogens with zero attached hydrogens (tertiary/aromatic N) is 4. The standard InChI is InChI=1S/C15H22BrN5/c1-11-7-12(9-18-8-11)14(17-2)15-13(16)10-19-21(15)6-5-20(3)4/h7-10,14,17H,5-6H2,1-4H3. The second-order valence-corrected chi connectivity index (χ2v) is 6.28. The van der Waals surface area contributed by atoms with Crippen LogP contribution in [0.2, 0.25) is 0 Å². The molecule has 0 spiro atoms. The van der Waals surface area contributed by atoms with Gasteiger partial charge in [-0.3, -0.25) is 9.67 Å². The van der Waals surface area contributed by atoms with Crippen molar-refractivity contribution in [2.45, 2.75) is 19.5 Å². The molecule has 6 heteroatoms. The van der Waals surface area contributed by atoms with Crippen molar-refractivity contribution < 1.29 is 0 Å². The van der Waals surface area contributed by atoms with Crippen LogP contribution in [-0.2, 0) is 6.54 Å². The van der Waals surface area contributed by atoms with Gasteiger partial charge in [-0.15, -0.1) is 0 Å². The van der Waals surface area contributed by atoms with Crippen LogP contribution in [-0.4, -0.2) is 47.4 Å². The summed E-state index contributed by atoms with van der Waals surface area (Å²) in [6.45, 7) is 3.86. The Morgan fingerprint density at radius 1 is 1.33 bits per heavy atom. The summed E-state index contributed by atoms with van der Waals surface area (Å²) in [6, 6.07) is 2.22. The molecule has 0 saturated heterocycles. The Morgan fingerprint density at radius 2 is 2.10 bits per heavy atom. The molecule has 2 aromatic heterocycles. The Labute approximate surface area is 134 Å². The molecule has 5 nitrogen and oxygen atoms in total. The Hall–Kier alpha value is -1.24. The normalized spacial score (nSPS) is 12.9. The summed E-state index contributed by atoms with van der Waals surface area (Å²) in [4.78, 5) is 6.46. The number of pyridine rings is 1. The smallest absolute Gasteiger partial charge is 0.0772 e. The molecule has 1 atom stereocenters. The van der Waals surface area contributed by atoms with E-state index in [1.807, 2.05) is 30.3 Å². The van der Waals surface area contributed by atoms with Crippen LogP contribution in [0.3, 0.4) is 0 Å². The molecule has 0 aromatic carbocycles. The molecule has 2 aromatic rings. The third-order valence-electron chi connectivity index (χ3n) is 3.38. The number of hydrogen-bond acceptors (Lipinski definition) is 4. The van der Waals surface area contributed by atoms with Crippen molar-refractivity contribution in [3.05, 3.63) is 46.0 Å². The van der Waals surface area contributed by atoms with Crippen molar-refractivity contribution >= 4 is 15.9 Å². The Balaban J connectivity index is 2.35. The Morgan fingerprint density at radius 3 is 2.71 bits per heavy atom. The molecule has 0 bridgehead atoms. The van der Waals surface area contributed by atoms with E-state index in [-0.39, 0.29) is 6.04 Å². The number of aromatic nitrogens is 3. The molecule has 1 N–H and O–H groups in total. The molecular formula is C15H22BrN5. The highest BCUT2D eigenvalue weighted by Gasteiger charge is 2.21. The predicted molar refractivity (Wildman–Crippen MR) is 88.4 cm³/mol. The van der Waals surface area contributed by atoms with Gasteiger partial charge in [-0.1, -0.05) is 6.07 Å². The second kappa shape index (κ2) is 7.15. The molecule has 1 unspecified atom stereocenters. The minimum absolute atomic E-state index is 0.0661. The first-order valence-electron chi connectivity index (χ1n) is 6.97. The van der Waals surface area contributed by atoms with Crippen molar-refractivity contribution in [1.82, 2.24) is 25.0 Å². The van der Waals surface area contributed by atoms with Gasteiger partial charge < -0.3 is 10.2 Å². The van der Waals surface area contributed by atoms with E-state index in [2.05, 4.69) is 63.3 Å². The SMILES string of the molecule is CNC(c1cncc(C)c1)c1c(Br)cnn1CCN(C)C. The van der Waals surface area contributed by atoms with Crippen molar-refractivity contribution in [2.75, 3.05) is 27.7 Å². The zero-order valence-electron chi connectivity index (χ0n) is 13.0. The van der Waals surface area contributed by atoms with Crippen molar-refractivity contribution in [2.24, 2.45) is 0 Å². The van der Waals surface area contributed by atoms with Crippen molar-refractivity contribution in [1.29, 1.82) is 0 Å². The lowest BCUT2D eigenvalue weighted by atomic mass is 10.0. The Bertz CT molecular complexity index is 593. The summed E-state index contributed by atoms with van der Waals surface area (Å²) in [5.74, 6) is 0. The fourth-order valence-electron chi connectivity index (χ4n) is 2.33. The van der Waals surface area contributed by atoms with E-state index in [9.17, 15) is 0 Å². The highest BCUT2D eigenvalue weighted by atomic mass is 79.9. The van der Waals surface area contributed by atoms with Crippen LogP contribution < -0.4 is 5.32 Å². The number of hydrogen-bond donors (Lipinski definition) is 1. The molecule has 21 heavy (non-hydrogen) atoms. The molecule has 0 aliphatic rings. The van der Waals surface area contributed by atoms with E-state index < -0.39 is 0 Å². The minimum atomic E-state index is 0.0661. The number of aryl methyl sites for hydroxylation is 1. The van der Waals surface area contributed by atoms with Crippen LogP contribution in [0.5, 0.6) is 0 Å². The van der Waals surface area contributed by atoms with Gasteiger partial charge in [-0.05, 0) is 55.1 Å². The van der Waals surface area contributed by atoms with E-state index >= 15 is 0 Å². The van der Waals surface area contributed by atoms with Gasteiger partial charge in [-0.25, -0.2) is 0 Å². The number of likely N-dealkylation sites (N-methyl/N-ethyl adjacent to an activating group) is 1. The van der Waals surface area contributed by atoms with Crippen LogP contribution in [0.15, 0.2) is 29.1 Å². The molecule has 0 amide bonds. The third kappa shape index (κ3) is 3.90. The lowest BCUT2D eigenvalue weighted by Gasteiger charge is -2.20. The van der Waals surface area contributed by atoms with Crippen molar-refractivity contribution in [3.63, 3.8) is 0 Å². The number of halogens is 1. The maximum absolute atomic E-state index is 4.49. The van der Waals surface area contributed by atoms with Crippen LogP contribution in [0, 0.1) is 6.92 Å². The highest BCUT2D eigenvalue weighted by Crippen LogP contribution is 2.28. The lowest BCUT2D eigenvalue weighted by molar-refractivity contribution is 0.366. The van der Waals surface area contributed by atoms with E-state index in [1.54, 1.807) is 0 Å². The topological polar surface area (TPSA) is 46.0 Å². The Kier molecular flexibility index (Phi) is 5.50. The maximum atomic E-state index is 4.49. The first-order chi connectivity index (χ1) is 10.0. The van der Waals surface area contributed by atoms with Gasteiger partial charge in [0.2, 0.25) is 0 Å². The van der Waals surface area contributed by atoms with Gasteiger partial charge in [0, 0.05) is 18.9 Å². The minimum Gasteiger partial charge on any atom is -0.308 e. The van der Waals surface area contributed by atoms with Gasteiger partial charge >= 0.3 is 0 Å². The van der Waals surface area contributed by atoms with Gasteiger partial charge in [0.25, 0.3) is 0 Å². The predicted octanol–water partition coefficient (Wildman–Crippen LogP) is 2.22. The molecule has 0 aliphatic heterocycles. The first-order valence-corrected chi connectivity index (χ1v) is 7.77. The van der Waals surface area contributed by atoms with Crippen LogP contribution >= 0.6 is 15.9 Å². The monoisotopic (exact) mass is 351 g/mol. The zero-order valence-corrected chi connectivity index (χ0v) is 14.6. The third-order valence-corrected chi connectivity index (χ3v) is 3.99. The van der Waals surface area contributed by atoms with Crippen molar-refractivity contribution in [3.8, 4) is 0 Å². The summed E-state index contributed by atoms with van der Waals surface area (Å²) < 4.78 is 3.07. The number of nitrogens with one attached hydrogen (secondary N) is 1. The summed E-state index contributed by atoms with van der Waals surface area (Å²) in [7, 11) is 6.10. The van der Waals surface area contributed by atoms with Crippen LogP contribution in [0.1, 0.15) is 22.9 Å². The first kappa shape index (κ1) is 16.1. The maximum Gasteiger partial charge on any atom is 0.0772 e. The van der Waals surface area contributed by atoms with E-state index in [4.69, 9.17) is 0 Å². The average Bonchev–Trinajstić information content (AvgIpc) is 2.79. The van der Waals surface area contributed by atoms with Gasteiger partial charge in [0.1, 0.15) is 0 Å².